The van der Waals surface area contributed by atoms with Gasteiger partial charge in [-0.2, -0.15) is 4.68 Å². The Labute approximate surface area is 119 Å². The predicted octanol–water partition coefficient (Wildman–Crippen LogP) is -0.340. The number of hydrogen-bond acceptors (Lipinski definition) is 8. The minimum atomic E-state index is -4.45. The van der Waals surface area contributed by atoms with Crippen LogP contribution in [0.5, 0.6) is 0 Å². The zero-order valence-electron chi connectivity index (χ0n) is 10.2. The fraction of sp³-hybridized carbons (Fsp3) is 0.300. The van der Waals surface area contributed by atoms with Crippen LogP contribution in [0.25, 0.3) is 5.69 Å². The number of aliphatic hydroxyl groups excluding tert-OH is 1. The fourth-order valence-electron chi connectivity index (χ4n) is 1.45. The van der Waals surface area contributed by atoms with E-state index in [0.29, 0.717) is 5.16 Å². The van der Waals surface area contributed by atoms with E-state index in [9.17, 15) is 18.1 Å². The lowest BCUT2D eigenvalue weighted by Gasteiger charge is -2.12. The number of aliphatic hydroxyl groups is 1. The van der Waals surface area contributed by atoms with Gasteiger partial charge in [0.25, 0.3) is 0 Å². The van der Waals surface area contributed by atoms with Crippen molar-refractivity contribution in [3.63, 3.8) is 0 Å². The highest BCUT2D eigenvalue weighted by Gasteiger charge is 2.13. The van der Waals surface area contributed by atoms with Crippen LogP contribution in [0, 0.1) is 0 Å². The number of thioether (sulfide) groups is 1. The summed E-state index contributed by atoms with van der Waals surface area (Å²) in [5.41, 5.74) is 0.742. The Bertz CT molecular complexity index is 659. The average Bonchev–Trinajstić information content (AvgIpc) is 2.83. The molecule has 10 heteroatoms. The van der Waals surface area contributed by atoms with Crippen LogP contribution in [0.4, 0.5) is 0 Å². The molecule has 1 heterocycles. The molecule has 0 fully saturated rings. The number of tetrazole rings is 1. The molecule has 0 bridgehead atoms. The van der Waals surface area contributed by atoms with Gasteiger partial charge in [-0.15, -0.1) is 5.10 Å². The van der Waals surface area contributed by atoms with Gasteiger partial charge in [0.05, 0.1) is 27.7 Å². The maximum atomic E-state index is 10.5. The molecule has 1 unspecified atom stereocenters. The summed E-state index contributed by atoms with van der Waals surface area (Å²) < 4.78 is 33.0. The first-order valence-electron chi connectivity index (χ1n) is 5.54. The molecule has 8 nitrogen and oxygen atoms in total. The van der Waals surface area contributed by atoms with E-state index in [1.54, 1.807) is 12.1 Å². The molecule has 0 spiro atoms. The monoisotopic (exact) mass is 315 g/mol. The third-order valence-corrected chi connectivity index (χ3v) is 4.10. The standard InChI is InChI=1S/C10H12N4O4S2/c15-9(7-20(16,17)18)6-19-10-11-12-13-14(10)8-4-2-1-3-5-8/h1-5,9,15H,6-7H2,(H,16,17,18)/p-1. The Morgan fingerprint density at radius 3 is 2.70 bits per heavy atom. The van der Waals surface area contributed by atoms with Crippen LogP contribution in [-0.4, -0.2) is 55.9 Å². The first kappa shape index (κ1) is 14.9. The third-order valence-electron chi connectivity index (χ3n) is 2.24. The number of para-hydroxylation sites is 1. The molecule has 1 atom stereocenters. The van der Waals surface area contributed by atoms with Crippen LogP contribution in [0.2, 0.25) is 0 Å². The maximum Gasteiger partial charge on any atom is 0.214 e. The summed E-state index contributed by atoms with van der Waals surface area (Å²) in [4.78, 5) is 0. The summed E-state index contributed by atoms with van der Waals surface area (Å²) in [6.07, 6.45) is -1.26. The highest BCUT2D eigenvalue weighted by atomic mass is 32.2. The minimum Gasteiger partial charge on any atom is -0.748 e. The molecule has 0 aliphatic heterocycles. The second-order valence-electron chi connectivity index (χ2n) is 3.90. The van der Waals surface area contributed by atoms with Gasteiger partial charge in [-0.3, -0.25) is 0 Å². The zero-order chi connectivity index (χ0) is 14.6. The topological polar surface area (TPSA) is 121 Å². The lowest BCUT2D eigenvalue weighted by molar-refractivity contribution is 0.219. The van der Waals surface area contributed by atoms with E-state index >= 15 is 0 Å². The molecule has 0 radical (unpaired) electrons. The lowest BCUT2D eigenvalue weighted by Crippen LogP contribution is -2.22. The first-order chi connectivity index (χ1) is 9.46. The van der Waals surface area contributed by atoms with Crippen LogP contribution in [0.15, 0.2) is 35.5 Å². The third kappa shape index (κ3) is 4.27. The molecule has 2 aromatic rings. The molecular formula is C10H11N4O4S2-. The van der Waals surface area contributed by atoms with Gasteiger partial charge in [0, 0.05) is 5.75 Å². The number of hydrogen-bond donors (Lipinski definition) is 1. The van der Waals surface area contributed by atoms with Gasteiger partial charge in [0.15, 0.2) is 0 Å². The van der Waals surface area contributed by atoms with Gasteiger partial charge in [0.1, 0.15) is 0 Å². The molecule has 108 valence electrons. The number of nitrogens with zero attached hydrogens (tertiary/aromatic N) is 4. The molecule has 1 N–H and O–H groups in total. The normalized spacial score (nSPS) is 13.3. The summed E-state index contributed by atoms with van der Waals surface area (Å²) >= 11 is 1.07. The van der Waals surface area contributed by atoms with Gasteiger partial charge in [0.2, 0.25) is 5.16 Å². The first-order valence-corrected chi connectivity index (χ1v) is 8.10. The molecule has 0 saturated carbocycles. The summed E-state index contributed by atoms with van der Waals surface area (Å²) in [6, 6.07) is 9.11. The van der Waals surface area contributed by atoms with Crippen LogP contribution < -0.4 is 0 Å². The van der Waals surface area contributed by atoms with Crippen molar-refractivity contribution in [2.45, 2.75) is 11.3 Å². The Kier molecular flexibility index (Phi) is 4.70. The van der Waals surface area contributed by atoms with Crippen molar-refractivity contribution < 1.29 is 18.1 Å². The Hall–Kier alpha value is -1.49. The van der Waals surface area contributed by atoms with E-state index < -0.39 is 22.0 Å². The Balaban J connectivity index is 2.03. The SMILES string of the molecule is O=S(=O)([O-])CC(O)CSc1nnnn1-c1ccccc1. The smallest absolute Gasteiger partial charge is 0.214 e. The molecule has 1 aromatic carbocycles. The van der Waals surface area contributed by atoms with E-state index in [1.807, 2.05) is 18.2 Å². The molecule has 0 aliphatic rings. The predicted molar refractivity (Wildman–Crippen MR) is 70.4 cm³/mol. The highest BCUT2D eigenvalue weighted by molar-refractivity contribution is 7.99. The number of aromatic nitrogens is 4. The van der Waals surface area contributed by atoms with Crippen molar-refractivity contribution in [3.05, 3.63) is 30.3 Å². The average molecular weight is 315 g/mol. The summed E-state index contributed by atoms with van der Waals surface area (Å²) in [6.45, 7) is 0. The number of benzene rings is 1. The minimum absolute atomic E-state index is 0.00861. The van der Waals surface area contributed by atoms with Crippen LogP contribution in [-0.2, 0) is 10.1 Å². The van der Waals surface area contributed by atoms with Crippen molar-refractivity contribution in [1.29, 1.82) is 0 Å². The van der Waals surface area contributed by atoms with Crippen LogP contribution >= 0.6 is 11.8 Å². The molecule has 0 saturated heterocycles. The Morgan fingerprint density at radius 1 is 1.35 bits per heavy atom. The van der Waals surface area contributed by atoms with E-state index in [1.165, 1.54) is 4.68 Å². The molecule has 0 aliphatic carbocycles. The molecule has 20 heavy (non-hydrogen) atoms. The van der Waals surface area contributed by atoms with E-state index in [-0.39, 0.29) is 5.75 Å². The van der Waals surface area contributed by atoms with Crippen molar-refractivity contribution in [2.75, 3.05) is 11.5 Å². The van der Waals surface area contributed by atoms with Gasteiger partial charge in [-0.05, 0) is 22.6 Å². The van der Waals surface area contributed by atoms with Crippen molar-refractivity contribution >= 4 is 21.9 Å². The molecule has 1 aromatic heterocycles. The Morgan fingerprint density at radius 2 is 2.05 bits per heavy atom. The van der Waals surface area contributed by atoms with E-state index in [0.717, 1.165) is 17.4 Å². The van der Waals surface area contributed by atoms with Crippen LogP contribution in [0.3, 0.4) is 0 Å². The molecular weight excluding hydrogens is 304 g/mol. The summed E-state index contributed by atoms with van der Waals surface area (Å²) in [5, 5.41) is 21.0. The van der Waals surface area contributed by atoms with Gasteiger partial charge >= 0.3 is 0 Å². The van der Waals surface area contributed by atoms with Gasteiger partial charge in [-0.1, -0.05) is 30.0 Å². The van der Waals surface area contributed by atoms with E-state index in [4.69, 9.17) is 0 Å². The second-order valence-corrected chi connectivity index (χ2v) is 6.33. The van der Waals surface area contributed by atoms with Crippen LogP contribution in [0.1, 0.15) is 0 Å². The lowest BCUT2D eigenvalue weighted by atomic mass is 10.3. The van der Waals surface area contributed by atoms with Gasteiger partial charge < -0.3 is 9.66 Å². The quantitative estimate of drug-likeness (QED) is 0.567. The summed E-state index contributed by atoms with van der Waals surface area (Å²) in [7, 11) is -4.45. The van der Waals surface area contributed by atoms with Crippen molar-refractivity contribution in [3.8, 4) is 5.69 Å². The fourth-order valence-corrected chi connectivity index (χ4v) is 3.01. The van der Waals surface area contributed by atoms with E-state index in [2.05, 4.69) is 15.5 Å². The molecule has 0 amide bonds. The van der Waals surface area contributed by atoms with Crippen molar-refractivity contribution in [1.82, 2.24) is 20.2 Å². The van der Waals surface area contributed by atoms with Crippen molar-refractivity contribution in [2.24, 2.45) is 0 Å². The molecule has 2 rings (SSSR count). The maximum absolute atomic E-state index is 10.5. The second kappa shape index (κ2) is 6.31. The summed E-state index contributed by atoms with van der Waals surface area (Å²) in [5.74, 6) is -0.818. The zero-order valence-corrected chi connectivity index (χ0v) is 11.8. The number of rotatable bonds is 6. The van der Waals surface area contributed by atoms with Gasteiger partial charge in [-0.25, -0.2) is 8.42 Å². The highest BCUT2D eigenvalue weighted by Crippen LogP contribution is 2.18. The largest absolute Gasteiger partial charge is 0.748 e.